The summed E-state index contributed by atoms with van der Waals surface area (Å²) in [6.45, 7) is 0.952. The summed E-state index contributed by atoms with van der Waals surface area (Å²) in [6, 6.07) is 1.34. The van der Waals surface area contributed by atoms with Gasteiger partial charge in [0.25, 0.3) is 0 Å². The fourth-order valence-corrected chi connectivity index (χ4v) is 1.43. The Balaban J connectivity index is 2.66. The number of aryl methyl sites for hydroxylation is 1. The van der Waals surface area contributed by atoms with E-state index in [-0.39, 0.29) is 23.5 Å². The van der Waals surface area contributed by atoms with Crippen molar-refractivity contribution in [2.75, 3.05) is 0 Å². The molecule has 0 aliphatic carbocycles. The van der Waals surface area contributed by atoms with E-state index in [9.17, 15) is 13.2 Å². The highest BCUT2D eigenvalue weighted by Crippen LogP contribution is 2.30. The Morgan fingerprint density at radius 3 is 2.62 bits per heavy atom. The first-order chi connectivity index (χ1) is 7.41. The van der Waals surface area contributed by atoms with Crippen molar-refractivity contribution in [3.05, 3.63) is 23.1 Å². The molecular formula is C9H8F3N3O. The average Bonchev–Trinajstić information content (AvgIpc) is 2.56. The zero-order valence-corrected chi connectivity index (χ0v) is 8.26. The number of halogens is 3. The summed E-state index contributed by atoms with van der Waals surface area (Å²) in [5.74, 6) is 0. The number of nitrogens with one attached hydrogen (secondary N) is 1. The van der Waals surface area contributed by atoms with E-state index < -0.39 is 11.9 Å². The zero-order chi connectivity index (χ0) is 11.9. The highest BCUT2D eigenvalue weighted by Gasteiger charge is 2.35. The first-order valence-corrected chi connectivity index (χ1v) is 4.46. The summed E-state index contributed by atoms with van der Waals surface area (Å²) < 4.78 is 37.5. The quantitative estimate of drug-likeness (QED) is 0.786. The Morgan fingerprint density at radius 1 is 1.38 bits per heavy atom. The molecule has 4 nitrogen and oxygen atoms in total. The predicted molar refractivity (Wildman–Crippen MR) is 49.6 cm³/mol. The molecule has 0 unspecified atom stereocenters. The SMILES string of the molecule is Cc1nc2[nH]c(CO)cc2nc1C(F)(F)F. The van der Waals surface area contributed by atoms with Gasteiger partial charge in [-0.1, -0.05) is 0 Å². The van der Waals surface area contributed by atoms with Crippen molar-refractivity contribution in [2.45, 2.75) is 19.7 Å². The Morgan fingerprint density at radius 2 is 2.06 bits per heavy atom. The maximum absolute atomic E-state index is 12.5. The Labute approximate surface area is 88.1 Å². The van der Waals surface area contributed by atoms with E-state index in [0.29, 0.717) is 5.69 Å². The number of rotatable bonds is 1. The largest absolute Gasteiger partial charge is 0.435 e. The normalized spacial score (nSPS) is 12.3. The molecular weight excluding hydrogens is 223 g/mol. The van der Waals surface area contributed by atoms with Crippen LogP contribution in [0.5, 0.6) is 0 Å². The van der Waals surface area contributed by atoms with Crippen LogP contribution in [-0.4, -0.2) is 20.1 Å². The molecule has 7 heteroatoms. The van der Waals surface area contributed by atoms with Crippen molar-refractivity contribution in [1.29, 1.82) is 0 Å². The van der Waals surface area contributed by atoms with Crippen LogP contribution in [0.2, 0.25) is 0 Å². The van der Waals surface area contributed by atoms with Crippen molar-refractivity contribution < 1.29 is 18.3 Å². The van der Waals surface area contributed by atoms with Gasteiger partial charge in [-0.2, -0.15) is 13.2 Å². The zero-order valence-electron chi connectivity index (χ0n) is 8.26. The van der Waals surface area contributed by atoms with Crippen LogP contribution in [0.25, 0.3) is 11.2 Å². The van der Waals surface area contributed by atoms with Gasteiger partial charge >= 0.3 is 6.18 Å². The second kappa shape index (κ2) is 3.44. The van der Waals surface area contributed by atoms with E-state index in [0.717, 1.165) is 0 Å². The number of hydrogen-bond donors (Lipinski definition) is 2. The fraction of sp³-hybridized carbons (Fsp3) is 0.333. The lowest BCUT2D eigenvalue weighted by molar-refractivity contribution is -0.141. The highest BCUT2D eigenvalue weighted by atomic mass is 19.4. The molecule has 0 aliphatic rings. The molecule has 2 aromatic heterocycles. The molecule has 0 aromatic carbocycles. The van der Waals surface area contributed by atoms with Crippen LogP contribution < -0.4 is 0 Å². The van der Waals surface area contributed by atoms with Gasteiger partial charge in [-0.15, -0.1) is 0 Å². The second-order valence-corrected chi connectivity index (χ2v) is 3.34. The molecule has 0 aliphatic heterocycles. The lowest BCUT2D eigenvalue weighted by atomic mass is 10.3. The topological polar surface area (TPSA) is 61.8 Å². The summed E-state index contributed by atoms with van der Waals surface area (Å²) in [5.41, 5.74) is -0.458. The van der Waals surface area contributed by atoms with Crippen LogP contribution in [0.3, 0.4) is 0 Å². The molecule has 0 spiro atoms. The molecule has 0 saturated heterocycles. The van der Waals surface area contributed by atoms with Gasteiger partial charge in [-0.25, -0.2) is 9.97 Å². The molecule has 2 N–H and O–H groups in total. The molecule has 16 heavy (non-hydrogen) atoms. The van der Waals surface area contributed by atoms with Crippen molar-refractivity contribution in [1.82, 2.24) is 15.0 Å². The number of aromatic nitrogens is 3. The number of aromatic amines is 1. The Hall–Kier alpha value is -1.63. The third-order valence-corrected chi connectivity index (χ3v) is 2.13. The van der Waals surface area contributed by atoms with Crippen LogP contribution >= 0.6 is 0 Å². The Kier molecular flexibility index (Phi) is 2.34. The van der Waals surface area contributed by atoms with Crippen LogP contribution in [0.4, 0.5) is 13.2 Å². The number of fused-ring (bicyclic) bond motifs is 1. The molecule has 86 valence electrons. The summed E-state index contributed by atoms with van der Waals surface area (Å²) in [6.07, 6.45) is -4.51. The molecule has 0 bridgehead atoms. The van der Waals surface area contributed by atoms with Crippen LogP contribution in [0, 0.1) is 6.92 Å². The molecule has 2 rings (SSSR count). The number of nitrogens with zero attached hydrogens (tertiary/aromatic N) is 2. The third-order valence-electron chi connectivity index (χ3n) is 2.13. The van der Waals surface area contributed by atoms with Crippen molar-refractivity contribution >= 4 is 11.2 Å². The lowest BCUT2D eigenvalue weighted by Crippen LogP contribution is -2.11. The smallest absolute Gasteiger partial charge is 0.390 e. The standard InChI is InChI=1S/C9H8F3N3O/c1-4-7(9(10,11)12)15-6-2-5(3-16)14-8(6)13-4/h2,16H,3H2,1H3,(H,13,14). The van der Waals surface area contributed by atoms with Gasteiger partial charge in [0.2, 0.25) is 0 Å². The lowest BCUT2D eigenvalue weighted by Gasteiger charge is -2.07. The average molecular weight is 231 g/mol. The number of aliphatic hydroxyl groups excluding tert-OH is 1. The molecule has 0 amide bonds. The fourth-order valence-electron chi connectivity index (χ4n) is 1.43. The minimum Gasteiger partial charge on any atom is -0.390 e. The third kappa shape index (κ3) is 1.73. The molecule has 0 radical (unpaired) electrons. The number of hydrogen-bond acceptors (Lipinski definition) is 3. The van der Waals surface area contributed by atoms with Crippen LogP contribution in [0.1, 0.15) is 17.1 Å². The minimum absolute atomic E-state index is 0.0991. The van der Waals surface area contributed by atoms with Crippen molar-refractivity contribution in [2.24, 2.45) is 0 Å². The number of aliphatic hydroxyl groups is 1. The number of H-pyrrole nitrogens is 1. The van der Waals surface area contributed by atoms with Crippen molar-refractivity contribution in [3.8, 4) is 0 Å². The van der Waals surface area contributed by atoms with Crippen LogP contribution in [-0.2, 0) is 12.8 Å². The monoisotopic (exact) mass is 231 g/mol. The molecule has 2 heterocycles. The first-order valence-electron chi connectivity index (χ1n) is 4.46. The molecule has 0 fully saturated rings. The predicted octanol–water partition coefficient (Wildman–Crippen LogP) is 1.78. The van der Waals surface area contributed by atoms with Crippen LogP contribution in [0.15, 0.2) is 6.07 Å². The van der Waals surface area contributed by atoms with Gasteiger partial charge in [0.15, 0.2) is 11.3 Å². The second-order valence-electron chi connectivity index (χ2n) is 3.34. The van der Waals surface area contributed by atoms with E-state index in [4.69, 9.17) is 5.11 Å². The van der Waals surface area contributed by atoms with Gasteiger partial charge < -0.3 is 10.1 Å². The summed E-state index contributed by atoms with van der Waals surface area (Å²) >= 11 is 0. The van der Waals surface area contributed by atoms with Gasteiger partial charge in [0, 0.05) is 5.69 Å². The minimum atomic E-state index is -4.51. The highest BCUT2D eigenvalue weighted by molar-refractivity contribution is 5.72. The molecule has 0 atom stereocenters. The van der Waals surface area contributed by atoms with E-state index in [2.05, 4.69) is 15.0 Å². The van der Waals surface area contributed by atoms with E-state index in [1.807, 2.05) is 0 Å². The van der Waals surface area contributed by atoms with Crippen molar-refractivity contribution in [3.63, 3.8) is 0 Å². The first kappa shape index (κ1) is 10.9. The molecule has 0 saturated carbocycles. The summed E-state index contributed by atoms with van der Waals surface area (Å²) in [4.78, 5) is 9.92. The van der Waals surface area contributed by atoms with Gasteiger partial charge in [-0.05, 0) is 13.0 Å². The van der Waals surface area contributed by atoms with Gasteiger partial charge in [0.05, 0.1) is 12.3 Å². The summed E-state index contributed by atoms with van der Waals surface area (Å²) in [7, 11) is 0. The van der Waals surface area contributed by atoms with Gasteiger partial charge in [-0.3, -0.25) is 0 Å². The van der Waals surface area contributed by atoms with Gasteiger partial charge in [0.1, 0.15) is 5.52 Å². The summed E-state index contributed by atoms with van der Waals surface area (Å²) in [5, 5.41) is 8.83. The van der Waals surface area contributed by atoms with E-state index in [1.54, 1.807) is 0 Å². The molecule has 2 aromatic rings. The number of alkyl halides is 3. The Bertz CT molecular complexity index is 533. The van der Waals surface area contributed by atoms with E-state index >= 15 is 0 Å². The van der Waals surface area contributed by atoms with E-state index in [1.165, 1.54) is 13.0 Å². The maximum Gasteiger partial charge on any atom is 0.435 e. The maximum atomic E-state index is 12.5.